The highest BCUT2D eigenvalue weighted by atomic mass is 16.5. The first-order valence-corrected chi connectivity index (χ1v) is 14.3. The number of aryl methyl sites for hydroxylation is 1. The van der Waals surface area contributed by atoms with Gasteiger partial charge in [0.2, 0.25) is 0 Å². The van der Waals surface area contributed by atoms with Crippen molar-refractivity contribution >= 4 is 5.97 Å². The molecular formula is C32H44N2O2. The predicted octanol–water partition coefficient (Wildman–Crippen LogP) is 8.84. The summed E-state index contributed by atoms with van der Waals surface area (Å²) in [5.41, 5.74) is 2.95. The number of ether oxygens (including phenoxy) is 1. The zero-order chi connectivity index (χ0) is 25.6. The summed E-state index contributed by atoms with van der Waals surface area (Å²) in [6, 6.07) is 14.4. The van der Waals surface area contributed by atoms with Crippen molar-refractivity contribution in [2.75, 3.05) is 0 Å². The molecule has 0 spiro atoms. The van der Waals surface area contributed by atoms with Crippen LogP contribution in [-0.2, 0) is 11.2 Å². The number of pyridine rings is 1. The number of hydrogen-bond acceptors (Lipinski definition) is 4. The third-order valence-electron chi connectivity index (χ3n) is 7.78. The highest BCUT2D eigenvalue weighted by Crippen LogP contribution is 2.43. The number of esters is 1. The molecule has 1 aliphatic carbocycles. The highest BCUT2D eigenvalue weighted by molar-refractivity contribution is 5.75. The Morgan fingerprint density at radius 3 is 2.22 bits per heavy atom. The molecule has 0 N–H and O–H groups in total. The van der Waals surface area contributed by atoms with E-state index in [4.69, 9.17) is 4.74 Å². The number of carbonyl (C=O) groups is 1. The lowest BCUT2D eigenvalue weighted by atomic mass is 9.69. The van der Waals surface area contributed by atoms with E-state index in [9.17, 15) is 10.1 Å². The van der Waals surface area contributed by atoms with Gasteiger partial charge in [-0.1, -0.05) is 71.3 Å². The van der Waals surface area contributed by atoms with E-state index in [1.54, 1.807) is 0 Å². The van der Waals surface area contributed by atoms with Crippen LogP contribution >= 0.6 is 0 Å². The van der Waals surface area contributed by atoms with Gasteiger partial charge in [0.25, 0.3) is 0 Å². The van der Waals surface area contributed by atoms with Crippen LogP contribution in [-0.4, -0.2) is 11.0 Å². The second kappa shape index (κ2) is 14.8. The number of carbonyl (C=O) groups excluding carboxylic acids is 1. The second-order valence-corrected chi connectivity index (χ2v) is 10.6. The first kappa shape index (κ1) is 27.9. The molecular weight excluding hydrogens is 444 g/mol. The maximum atomic E-state index is 12.8. The molecule has 0 radical (unpaired) electrons. The standard InChI is InChI=1S/C32H44N2O2/c1-3-5-7-8-9-10-11-21-32(25-33)22-19-28(20-23-32)31(35)36-29-16-14-27(15-17-29)30-18-13-26(24-34-30)12-6-4-2/h13-18,24,28H,3-12,19-23H2,1-2H3. The lowest BCUT2D eigenvalue weighted by Crippen LogP contribution is -2.31. The molecule has 2 aromatic rings. The SMILES string of the molecule is CCCCCCCCCC1(C#N)CCC(C(=O)Oc2ccc(-c3ccc(CCCC)cn3)cc2)CC1. The Morgan fingerprint density at radius 1 is 0.944 bits per heavy atom. The van der Waals surface area contributed by atoms with Crippen LogP contribution < -0.4 is 4.74 Å². The maximum absolute atomic E-state index is 12.8. The molecule has 3 rings (SSSR count). The number of aromatic nitrogens is 1. The summed E-state index contributed by atoms with van der Waals surface area (Å²) in [6.45, 7) is 4.44. The molecule has 1 aromatic heterocycles. The number of unbranched alkanes of at least 4 members (excludes halogenated alkanes) is 7. The van der Waals surface area contributed by atoms with Gasteiger partial charge in [-0.3, -0.25) is 9.78 Å². The van der Waals surface area contributed by atoms with Crippen molar-refractivity contribution in [3.63, 3.8) is 0 Å². The average Bonchev–Trinajstić information content (AvgIpc) is 2.92. The first-order valence-electron chi connectivity index (χ1n) is 14.3. The zero-order valence-electron chi connectivity index (χ0n) is 22.4. The van der Waals surface area contributed by atoms with Gasteiger partial charge in [0, 0.05) is 11.8 Å². The summed E-state index contributed by atoms with van der Waals surface area (Å²) in [4.78, 5) is 17.4. The highest BCUT2D eigenvalue weighted by Gasteiger charge is 2.37. The van der Waals surface area contributed by atoms with Gasteiger partial charge in [0.1, 0.15) is 5.75 Å². The van der Waals surface area contributed by atoms with E-state index >= 15 is 0 Å². The van der Waals surface area contributed by atoms with Crippen LogP contribution in [0.4, 0.5) is 0 Å². The van der Waals surface area contributed by atoms with Crippen molar-refractivity contribution in [2.24, 2.45) is 11.3 Å². The van der Waals surface area contributed by atoms with Gasteiger partial charge in [-0.25, -0.2) is 0 Å². The molecule has 0 unspecified atom stereocenters. The number of rotatable bonds is 14. The van der Waals surface area contributed by atoms with E-state index in [2.05, 4.69) is 37.0 Å². The molecule has 1 aromatic carbocycles. The third kappa shape index (κ3) is 8.47. The Labute approximate surface area is 218 Å². The largest absolute Gasteiger partial charge is 0.426 e. The second-order valence-electron chi connectivity index (χ2n) is 10.6. The molecule has 0 aliphatic heterocycles. The van der Waals surface area contributed by atoms with Crippen molar-refractivity contribution in [1.29, 1.82) is 5.26 Å². The molecule has 4 heteroatoms. The molecule has 0 bridgehead atoms. The van der Waals surface area contributed by atoms with Gasteiger partial charge in [-0.2, -0.15) is 5.26 Å². The van der Waals surface area contributed by atoms with Crippen molar-refractivity contribution in [3.8, 4) is 23.1 Å². The van der Waals surface area contributed by atoms with Crippen molar-refractivity contribution in [2.45, 2.75) is 110 Å². The van der Waals surface area contributed by atoms with Crippen molar-refractivity contribution in [1.82, 2.24) is 4.98 Å². The van der Waals surface area contributed by atoms with Gasteiger partial charge in [-0.15, -0.1) is 0 Å². The summed E-state index contributed by atoms with van der Waals surface area (Å²) < 4.78 is 5.71. The molecule has 1 heterocycles. The Morgan fingerprint density at radius 2 is 1.61 bits per heavy atom. The molecule has 194 valence electrons. The fourth-order valence-electron chi connectivity index (χ4n) is 5.26. The molecule has 0 saturated heterocycles. The van der Waals surface area contributed by atoms with E-state index in [0.29, 0.717) is 5.75 Å². The van der Waals surface area contributed by atoms with Crippen LogP contribution in [0.3, 0.4) is 0 Å². The normalized spacial score (nSPS) is 19.5. The summed E-state index contributed by atoms with van der Waals surface area (Å²) in [5.74, 6) is 0.296. The number of nitrogens with zero attached hydrogens (tertiary/aromatic N) is 2. The summed E-state index contributed by atoms with van der Waals surface area (Å²) in [5, 5.41) is 9.88. The van der Waals surface area contributed by atoms with E-state index in [-0.39, 0.29) is 17.3 Å². The van der Waals surface area contributed by atoms with Gasteiger partial charge >= 0.3 is 5.97 Å². The first-order chi connectivity index (χ1) is 17.6. The molecule has 1 fully saturated rings. The van der Waals surface area contributed by atoms with Gasteiger partial charge in [0.05, 0.1) is 23.1 Å². The molecule has 1 saturated carbocycles. The number of benzene rings is 1. The summed E-state index contributed by atoms with van der Waals surface area (Å²) in [7, 11) is 0. The Balaban J connectivity index is 1.43. The Kier molecular flexibility index (Phi) is 11.5. The minimum atomic E-state index is -0.249. The molecule has 0 atom stereocenters. The Hall–Kier alpha value is -2.67. The van der Waals surface area contributed by atoms with Crippen LogP contribution in [0.2, 0.25) is 0 Å². The minimum absolute atomic E-state index is 0.113. The van der Waals surface area contributed by atoms with Gasteiger partial charge in [0.15, 0.2) is 0 Å². The van der Waals surface area contributed by atoms with E-state index in [1.165, 1.54) is 56.9 Å². The monoisotopic (exact) mass is 488 g/mol. The quantitative estimate of drug-likeness (QED) is 0.151. The van der Waals surface area contributed by atoms with E-state index in [0.717, 1.165) is 56.2 Å². The number of hydrogen-bond donors (Lipinski definition) is 0. The van der Waals surface area contributed by atoms with E-state index in [1.807, 2.05) is 30.5 Å². The van der Waals surface area contributed by atoms with Gasteiger partial charge in [-0.05, 0) is 80.8 Å². The van der Waals surface area contributed by atoms with E-state index < -0.39 is 0 Å². The van der Waals surface area contributed by atoms with Crippen LogP contribution in [0.1, 0.15) is 109 Å². The van der Waals surface area contributed by atoms with Gasteiger partial charge < -0.3 is 4.74 Å². The zero-order valence-corrected chi connectivity index (χ0v) is 22.4. The molecule has 36 heavy (non-hydrogen) atoms. The lowest BCUT2D eigenvalue weighted by molar-refractivity contribution is -0.140. The van der Waals surface area contributed by atoms with Crippen LogP contribution in [0.15, 0.2) is 42.6 Å². The lowest BCUT2D eigenvalue weighted by Gasteiger charge is -2.34. The fraction of sp³-hybridized carbons (Fsp3) is 0.594. The van der Waals surface area contributed by atoms with Crippen LogP contribution in [0.25, 0.3) is 11.3 Å². The molecule has 1 aliphatic rings. The molecule has 0 amide bonds. The minimum Gasteiger partial charge on any atom is -0.426 e. The fourth-order valence-corrected chi connectivity index (χ4v) is 5.26. The van der Waals surface area contributed by atoms with Crippen LogP contribution in [0, 0.1) is 22.7 Å². The third-order valence-corrected chi connectivity index (χ3v) is 7.78. The Bertz CT molecular complexity index is 951. The summed E-state index contributed by atoms with van der Waals surface area (Å²) in [6.07, 6.45) is 18.3. The predicted molar refractivity (Wildman–Crippen MR) is 147 cm³/mol. The average molecular weight is 489 g/mol. The maximum Gasteiger partial charge on any atom is 0.314 e. The molecule has 4 nitrogen and oxygen atoms in total. The summed E-state index contributed by atoms with van der Waals surface area (Å²) >= 11 is 0. The van der Waals surface area contributed by atoms with Crippen molar-refractivity contribution in [3.05, 3.63) is 48.2 Å². The van der Waals surface area contributed by atoms with Crippen molar-refractivity contribution < 1.29 is 9.53 Å². The number of nitriles is 1. The smallest absolute Gasteiger partial charge is 0.314 e. The van der Waals surface area contributed by atoms with Crippen LogP contribution in [0.5, 0.6) is 5.75 Å². The topological polar surface area (TPSA) is 63.0 Å².